The van der Waals surface area contributed by atoms with Gasteiger partial charge in [0.2, 0.25) is 17.7 Å². The predicted octanol–water partition coefficient (Wildman–Crippen LogP) is 0.613. The number of carbonyl (C=O) groups is 1. The third kappa shape index (κ3) is 6.66. The molecule has 1 saturated heterocycles. The number of aromatic nitrogens is 5. The Balaban J connectivity index is 1.14. The van der Waals surface area contributed by atoms with Crippen molar-refractivity contribution in [3.05, 3.63) is 42.2 Å². The number of carbonyl (C=O) groups excluding carboxylic acids is 1. The number of anilines is 3. The average molecular weight is 586 g/mol. The van der Waals surface area contributed by atoms with Crippen LogP contribution in [0.4, 0.5) is 26.4 Å². The van der Waals surface area contributed by atoms with Crippen molar-refractivity contribution in [2.75, 3.05) is 88.6 Å². The number of nitrogen functional groups attached to an aromatic ring is 1. The van der Waals surface area contributed by atoms with E-state index in [0.717, 1.165) is 6.07 Å². The number of ether oxygens (including phenoxy) is 1. The summed E-state index contributed by atoms with van der Waals surface area (Å²) in [6.07, 6.45) is 1.54. The second-order valence-corrected chi connectivity index (χ2v) is 9.73. The van der Waals surface area contributed by atoms with Crippen LogP contribution >= 0.6 is 0 Å². The molecular weight excluding hydrogens is 552 g/mol. The van der Waals surface area contributed by atoms with E-state index >= 15 is 0 Å². The van der Waals surface area contributed by atoms with Crippen molar-refractivity contribution in [3.63, 3.8) is 0 Å². The van der Waals surface area contributed by atoms with Crippen LogP contribution in [0.1, 0.15) is 0 Å². The van der Waals surface area contributed by atoms with Crippen LogP contribution in [0, 0.1) is 11.6 Å². The minimum Gasteiger partial charge on any atom is -0.481 e. The number of furan rings is 1. The van der Waals surface area contributed by atoms with Gasteiger partial charge in [-0.1, -0.05) is 0 Å². The molecule has 4 aromatic rings. The predicted molar refractivity (Wildman–Crippen MR) is 151 cm³/mol. The Bertz CT molecular complexity index is 1510. The lowest BCUT2D eigenvalue weighted by atomic mass is 10.2. The maximum Gasteiger partial charge on any atom is 0.259 e. The zero-order valence-corrected chi connectivity index (χ0v) is 23.4. The van der Waals surface area contributed by atoms with Crippen LogP contribution in [0.15, 0.2) is 34.9 Å². The zero-order chi connectivity index (χ0) is 29.6. The molecule has 3 aromatic heterocycles. The Hall–Kier alpha value is -4.57. The lowest BCUT2D eigenvalue weighted by Gasteiger charge is -2.37. The van der Waals surface area contributed by atoms with Crippen LogP contribution in [0.3, 0.4) is 0 Å². The second-order valence-electron chi connectivity index (χ2n) is 9.73. The third-order valence-electron chi connectivity index (χ3n) is 6.83. The summed E-state index contributed by atoms with van der Waals surface area (Å²) in [5, 5.41) is 9.86. The molecule has 0 spiro atoms. The fourth-order valence-corrected chi connectivity index (χ4v) is 4.47. The number of hydrogen-bond acceptors (Lipinski definition) is 12. The molecular formula is C26H33F2N11O3. The van der Waals surface area contributed by atoms with Crippen LogP contribution in [0.25, 0.3) is 17.4 Å². The molecule has 224 valence electrons. The highest BCUT2D eigenvalue weighted by atomic mass is 19.1. The van der Waals surface area contributed by atoms with E-state index < -0.39 is 11.6 Å². The van der Waals surface area contributed by atoms with Crippen LogP contribution < -0.4 is 30.9 Å². The monoisotopic (exact) mass is 585 g/mol. The van der Waals surface area contributed by atoms with Gasteiger partial charge in [0, 0.05) is 71.5 Å². The van der Waals surface area contributed by atoms with Crippen molar-refractivity contribution >= 4 is 29.3 Å². The first-order valence-corrected chi connectivity index (χ1v) is 13.5. The molecule has 14 nitrogen and oxygen atoms in total. The van der Waals surface area contributed by atoms with Gasteiger partial charge in [-0.3, -0.25) is 9.69 Å². The summed E-state index contributed by atoms with van der Waals surface area (Å²) in [7, 11) is 3.63. The first-order valence-electron chi connectivity index (χ1n) is 13.5. The Morgan fingerprint density at radius 2 is 1.95 bits per heavy atom. The van der Waals surface area contributed by atoms with Crippen molar-refractivity contribution < 1.29 is 22.7 Å². The van der Waals surface area contributed by atoms with Crippen LogP contribution in [-0.4, -0.2) is 108 Å². The van der Waals surface area contributed by atoms with Gasteiger partial charge in [-0.2, -0.15) is 19.5 Å². The van der Waals surface area contributed by atoms with Crippen molar-refractivity contribution in [2.24, 2.45) is 0 Å². The molecule has 0 aliphatic carbocycles. The molecule has 0 saturated carbocycles. The van der Waals surface area contributed by atoms with Crippen molar-refractivity contribution in [1.82, 2.24) is 40.1 Å². The van der Waals surface area contributed by atoms with Crippen molar-refractivity contribution in [1.29, 1.82) is 0 Å². The maximum absolute atomic E-state index is 14.7. The largest absolute Gasteiger partial charge is 0.481 e. The number of benzene rings is 1. The lowest BCUT2D eigenvalue weighted by Crippen LogP contribution is -2.48. The van der Waals surface area contributed by atoms with Gasteiger partial charge in [0.05, 0.1) is 12.0 Å². The fraction of sp³-hybridized carbons (Fsp3) is 0.423. The molecule has 42 heavy (non-hydrogen) atoms. The molecule has 1 aliphatic heterocycles. The fourth-order valence-electron chi connectivity index (χ4n) is 4.47. The highest BCUT2D eigenvalue weighted by molar-refractivity contribution is 5.77. The highest BCUT2D eigenvalue weighted by Gasteiger charge is 2.23. The number of nitrogens with one attached hydrogen (secondary N) is 2. The van der Waals surface area contributed by atoms with Gasteiger partial charge in [0.25, 0.3) is 11.7 Å². The highest BCUT2D eigenvalue weighted by Crippen LogP contribution is 2.29. The number of hydrogen-bond donors (Lipinski definition) is 3. The number of nitrogens with two attached hydrogens (primary N) is 1. The van der Waals surface area contributed by atoms with Gasteiger partial charge in [0.15, 0.2) is 23.9 Å². The summed E-state index contributed by atoms with van der Waals surface area (Å²) < 4.78 is 41.1. The SMILES string of the molecule is CNCCNC(=O)COc1cc(N2CCN(CCN(C)c3nc(N)n4nc(-c5ccco5)nc4n3)CC2)c(F)cc1F. The zero-order valence-electron chi connectivity index (χ0n) is 23.4. The first-order chi connectivity index (χ1) is 20.3. The van der Waals surface area contributed by atoms with E-state index in [-0.39, 0.29) is 29.9 Å². The van der Waals surface area contributed by atoms with Crippen LogP contribution in [0.5, 0.6) is 5.75 Å². The minimum absolute atomic E-state index is 0.153. The Morgan fingerprint density at radius 3 is 2.69 bits per heavy atom. The van der Waals surface area contributed by atoms with E-state index in [1.165, 1.54) is 16.8 Å². The molecule has 0 atom stereocenters. The standard InChI is InChI=1S/C26H33F2N11O3/c1-30-5-6-31-22(40)16-42-21-15-19(17(27)14-18(21)28)38-11-9-37(10-12-38)8-7-36(2)25-33-24(29)39-26(34-25)32-23(35-39)20-4-3-13-41-20/h3-4,13-15,30H,5-12,16H2,1-2H3,(H,31,40)(H2,29,32,33,34,35). The molecule has 16 heteroatoms. The normalized spacial score (nSPS) is 14.0. The Kier molecular flexibility index (Phi) is 8.92. The van der Waals surface area contributed by atoms with Gasteiger partial charge in [-0.05, 0) is 19.2 Å². The van der Waals surface area contributed by atoms with E-state index in [2.05, 4.69) is 35.6 Å². The third-order valence-corrected chi connectivity index (χ3v) is 6.83. The molecule has 1 fully saturated rings. The van der Waals surface area contributed by atoms with Gasteiger partial charge in [-0.15, -0.1) is 5.10 Å². The van der Waals surface area contributed by atoms with Crippen molar-refractivity contribution in [2.45, 2.75) is 0 Å². The Morgan fingerprint density at radius 1 is 1.14 bits per heavy atom. The lowest BCUT2D eigenvalue weighted by molar-refractivity contribution is -0.123. The van der Waals surface area contributed by atoms with Crippen molar-refractivity contribution in [3.8, 4) is 17.3 Å². The van der Waals surface area contributed by atoms with Crippen LogP contribution in [0.2, 0.25) is 0 Å². The van der Waals surface area contributed by atoms with E-state index in [1.807, 2.05) is 16.8 Å². The molecule has 4 N–H and O–H groups in total. The molecule has 0 bridgehead atoms. The molecule has 1 amide bonds. The quantitative estimate of drug-likeness (QED) is 0.200. The van der Waals surface area contributed by atoms with Gasteiger partial charge in [-0.25, -0.2) is 8.78 Å². The van der Waals surface area contributed by atoms with E-state index in [4.69, 9.17) is 14.9 Å². The molecule has 5 rings (SSSR count). The maximum atomic E-state index is 14.7. The second kappa shape index (κ2) is 12.9. The molecule has 4 heterocycles. The van der Waals surface area contributed by atoms with Gasteiger partial charge < -0.3 is 35.3 Å². The molecule has 1 aliphatic rings. The summed E-state index contributed by atoms with van der Waals surface area (Å²) in [6.45, 7) is 4.33. The summed E-state index contributed by atoms with van der Waals surface area (Å²) in [4.78, 5) is 31.1. The van der Waals surface area contributed by atoms with E-state index in [0.29, 0.717) is 75.7 Å². The number of fused-ring (bicyclic) bond motifs is 1. The number of amides is 1. The number of rotatable bonds is 12. The van der Waals surface area contributed by atoms with E-state index in [9.17, 15) is 13.6 Å². The minimum atomic E-state index is -0.856. The molecule has 0 radical (unpaired) electrons. The van der Waals surface area contributed by atoms with E-state index in [1.54, 1.807) is 19.2 Å². The smallest absolute Gasteiger partial charge is 0.259 e. The van der Waals surface area contributed by atoms with Crippen LogP contribution in [-0.2, 0) is 4.79 Å². The Labute approximate surface area is 240 Å². The summed E-state index contributed by atoms with van der Waals surface area (Å²) in [5.41, 5.74) is 6.35. The average Bonchev–Trinajstić information content (AvgIpc) is 3.67. The van der Waals surface area contributed by atoms with Gasteiger partial charge >= 0.3 is 0 Å². The first kappa shape index (κ1) is 28.9. The number of nitrogens with zero attached hydrogens (tertiary/aromatic N) is 8. The number of halogens is 2. The topological polar surface area (TPSA) is 155 Å². The van der Waals surface area contributed by atoms with Gasteiger partial charge in [0.1, 0.15) is 5.82 Å². The molecule has 0 unspecified atom stereocenters. The number of likely N-dealkylation sites (N-methyl/N-ethyl adjacent to an activating group) is 2. The summed E-state index contributed by atoms with van der Waals surface area (Å²) >= 11 is 0. The number of piperazine rings is 1. The summed E-state index contributed by atoms with van der Waals surface area (Å²) in [6, 6.07) is 5.60. The molecule has 1 aromatic carbocycles. The summed E-state index contributed by atoms with van der Waals surface area (Å²) in [5.74, 6) is -0.355.